The fourth-order valence-corrected chi connectivity index (χ4v) is 4.41. The van der Waals surface area contributed by atoms with E-state index in [0.29, 0.717) is 12.1 Å². The molecule has 31 heavy (non-hydrogen) atoms. The summed E-state index contributed by atoms with van der Waals surface area (Å²) in [5.74, 6) is 0.985. The second kappa shape index (κ2) is 10.7. The standard InChI is InChI=1S/C25H35N5O/c1-28-12-5-15-30(17-16-28)24-11-8-22(18-26-24)19-27-25(31)23-9-6-21(7-10-23)20-29-13-3-2-4-14-29/h6-11,18H,2-5,12-17,19-20H2,1H3,(H,27,31). The largest absolute Gasteiger partial charge is 0.355 e. The highest BCUT2D eigenvalue weighted by Gasteiger charge is 2.14. The summed E-state index contributed by atoms with van der Waals surface area (Å²) in [4.78, 5) is 24.4. The van der Waals surface area contributed by atoms with Crippen molar-refractivity contribution < 1.29 is 4.79 Å². The van der Waals surface area contributed by atoms with Crippen LogP contribution in [0, 0.1) is 0 Å². The van der Waals surface area contributed by atoms with E-state index in [1.807, 2.05) is 18.3 Å². The van der Waals surface area contributed by atoms with Crippen LogP contribution >= 0.6 is 0 Å². The van der Waals surface area contributed by atoms with E-state index in [0.717, 1.165) is 50.5 Å². The molecule has 2 aromatic rings. The highest BCUT2D eigenvalue weighted by Crippen LogP contribution is 2.15. The molecule has 1 aromatic carbocycles. The number of benzene rings is 1. The van der Waals surface area contributed by atoms with Gasteiger partial charge in [0.2, 0.25) is 0 Å². The second-order valence-electron chi connectivity index (χ2n) is 8.88. The Hall–Kier alpha value is -2.44. The van der Waals surface area contributed by atoms with Crippen molar-refractivity contribution in [3.8, 4) is 0 Å². The third-order valence-corrected chi connectivity index (χ3v) is 6.38. The molecular weight excluding hydrogens is 386 g/mol. The fourth-order valence-electron chi connectivity index (χ4n) is 4.41. The summed E-state index contributed by atoms with van der Waals surface area (Å²) in [5, 5.41) is 3.02. The predicted molar refractivity (Wildman–Crippen MR) is 125 cm³/mol. The molecule has 0 radical (unpaired) electrons. The summed E-state index contributed by atoms with van der Waals surface area (Å²) in [7, 11) is 2.17. The zero-order chi connectivity index (χ0) is 21.5. The molecule has 0 atom stereocenters. The lowest BCUT2D eigenvalue weighted by Crippen LogP contribution is -2.29. The van der Waals surface area contributed by atoms with Gasteiger partial charge in [-0.2, -0.15) is 0 Å². The minimum absolute atomic E-state index is 0.0378. The molecule has 2 saturated heterocycles. The first-order valence-electron chi connectivity index (χ1n) is 11.7. The number of piperidine rings is 1. The Labute approximate surface area is 186 Å². The molecule has 6 heteroatoms. The number of amides is 1. The smallest absolute Gasteiger partial charge is 0.251 e. The molecule has 166 valence electrons. The number of likely N-dealkylation sites (N-methyl/N-ethyl adjacent to an activating group) is 1. The number of anilines is 1. The molecule has 2 fully saturated rings. The van der Waals surface area contributed by atoms with E-state index in [1.165, 1.54) is 37.9 Å². The summed E-state index contributed by atoms with van der Waals surface area (Å²) in [5.41, 5.74) is 3.00. The van der Waals surface area contributed by atoms with Crippen LogP contribution in [0.5, 0.6) is 0 Å². The Kier molecular flexibility index (Phi) is 7.54. The molecule has 0 aliphatic carbocycles. The van der Waals surface area contributed by atoms with Crippen molar-refractivity contribution in [2.24, 2.45) is 0 Å². The third-order valence-electron chi connectivity index (χ3n) is 6.38. The zero-order valence-electron chi connectivity index (χ0n) is 18.7. The highest BCUT2D eigenvalue weighted by molar-refractivity contribution is 5.94. The fraction of sp³-hybridized carbons (Fsp3) is 0.520. The number of carbonyl (C=O) groups is 1. The molecule has 1 N–H and O–H groups in total. The number of rotatable bonds is 6. The van der Waals surface area contributed by atoms with Crippen molar-refractivity contribution in [1.29, 1.82) is 0 Å². The highest BCUT2D eigenvalue weighted by atomic mass is 16.1. The Bertz CT molecular complexity index is 830. The minimum atomic E-state index is -0.0378. The lowest BCUT2D eigenvalue weighted by atomic mass is 10.1. The zero-order valence-corrected chi connectivity index (χ0v) is 18.7. The summed E-state index contributed by atoms with van der Waals surface area (Å²) < 4.78 is 0. The third kappa shape index (κ3) is 6.28. The maximum atomic E-state index is 12.5. The number of pyridine rings is 1. The normalized spacial score (nSPS) is 18.5. The van der Waals surface area contributed by atoms with E-state index >= 15 is 0 Å². The Morgan fingerprint density at radius 1 is 0.871 bits per heavy atom. The molecule has 0 unspecified atom stereocenters. The van der Waals surface area contributed by atoms with Crippen LogP contribution in [-0.4, -0.2) is 67.0 Å². The molecule has 2 aliphatic rings. The van der Waals surface area contributed by atoms with Gasteiger partial charge in [-0.15, -0.1) is 0 Å². The van der Waals surface area contributed by atoms with Crippen molar-refractivity contribution in [3.63, 3.8) is 0 Å². The van der Waals surface area contributed by atoms with E-state index in [9.17, 15) is 4.79 Å². The quantitative estimate of drug-likeness (QED) is 0.777. The molecule has 1 amide bonds. The van der Waals surface area contributed by atoms with E-state index in [2.05, 4.69) is 56.3 Å². The van der Waals surface area contributed by atoms with Crippen molar-refractivity contribution in [3.05, 3.63) is 59.3 Å². The Balaban J connectivity index is 1.26. The maximum absolute atomic E-state index is 12.5. The number of likely N-dealkylation sites (tertiary alicyclic amines) is 1. The number of carbonyl (C=O) groups excluding carboxylic acids is 1. The van der Waals surface area contributed by atoms with Crippen molar-refractivity contribution >= 4 is 11.7 Å². The summed E-state index contributed by atoms with van der Waals surface area (Å²) >= 11 is 0. The molecule has 4 rings (SSSR count). The van der Waals surface area contributed by atoms with E-state index in [4.69, 9.17) is 0 Å². The lowest BCUT2D eigenvalue weighted by Gasteiger charge is -2.26. The number of nitrogens with zero attached hydrogens (tertiary/aromatic N) is 4. The molecule has 3 heterocycles. The Morgan fingerprint density at radius 2 is 1.65 bits per heavy atom. The van der Waals surface area contributed by atoms with Crippen LogP contribution in [0.2, 0.25) is 0 Å². The molecule has 1 aromatic heterocycles. The van der Waals surface area contributed by atoms with Crippen LogP contribution in [0.4, 0.5) is 5.82 Å². The first-order valence-corrected chi connectivity index (χ1v) is 11.7. The van der Waals surface area contributed by atoms with Crippen LogP contribution in [0.25, 0.3) is 0 Å². The first kappa shape index (κ1) is 21.8. The van der Waals surface area contributed by atoms with E-state index < -0.39 is 0 Å². The SMILES string of the molecule is CN1CCCN(c2ccc(CNC(=O)c3ccc(CN4CCCCC4)cc3)cn2)CC1. The topological polar surface area (TPSA) is 51.7 Å². The van der Waals surface area contributed by atoms with Gasteiger partial charge >= 0.3 is 0 Å². The van der Waals surface area contributed by atoms with Gasteiger partial charge in [0.25, 0.3) is 5.91 Å². The molecule has 6 nitrogen and oxygen atoms in total. The van der Waals surface area contributed by atoms with Crippen LogP contribution in [0.15, 0.2) is 42.6 Å². The van der Waals surface area contributed by atoms with E-state index in [1.54, 1.807) is 0 Å². The summed E-state index contributed by atoms with van der Waals surface area (Å²) in [6, 6.07) is 12.2. The summed E-state index contributed by atoms with van der Waals surface area (Å²) in [6.45, 7) is 8.09. The Morgan fingerprint density at radius 3 is 2.39 bits per heavy atom. The minimum Gasteiger partial charge on any atom is -0.355 e. The average molecular weight is 422 g/mol. The number of hydrogen-bond donors (Lipinski definition) is 1. The molecule has 2 aliphatic heterocycles. The van der Waals surface area contributed by atoms with Crippen LogP contribution in [0.3, 0.4) is 0 Å². The van der Waals surface area contributed by atoms with E-state index in [-0.39, 0.29) is 5.91 Å². The maximum Gasteiger partial charge on any atom is 0.251 e. The van der Waals surface area contributed by atoms with Crippen LogP contribution < -0.4 is 10.2 Å². The van der Waals surface area contributed by atoms with Gasteiger partial charge in [0.05, 0.1) is 0 Å². The van der Waals surface area contributed by atoms with Crippen molar-refractivity contribution in [2.75, 3.05) is 51.2 Å². The predicted octanol–water partition coefficient (Wildman–Crippen LogP) is 3.14. The first-order chi connectivity index (χ1) is 15.2. The second-order valence-corrected chi connectivity index (χ2v) is 8.88. The average Bonchev–Trinajstić information content (AvgIpc) is 3.03. The molecular formula is C25H35N5O. The van der Waals surface area contributed by atoms with Crippen molar-refractivity contribution in [1.82, 2.24) is 20.1 Å². The van der Waals surface area contributed by atoms with Gasteiger partial charge in [0, 0.05) is 44.5 Å². The van der Waals surface area contributed by atoms with Gasteiger partial charge in [-0.1, -0.05) is 24.6 Å². The number of hydrogen-bond acceptors (Lipinski definition) is 5. The molecule has 0 bridgehead atoms. The summed E-state index contributed by atoms with van der Waals surface area (Å²) in [6.07, 6.45) is 6.99. The van der Waals surface area contributed by atoms with Gasteiger partial charge in [-0.3, -0.25) is 9.69 Å². The van der Waals surface area contributed by atoms with Crippen LogP contribution in [0.1, 0.15) is 47.2 Å². The molecule has 0 saturated carbocycles. The van der Waals surface area contributed by atoms with Crippen LogP contribution in [-0.2, 0) is 13.1 Å². The van der Waals surface area contributed by atoms with Gasteiger partial charge in [0.15, 0.2) is 0 Å². The number of nitrogens with one attached hydrogen (secondary N) is 1. The van der Waals surface area contributed by atoms with Gasteiger partial charge in [-0.25, -0.2) is 4.98 Å². The van der Waals surface area contributed by atoms with Gasteiger partial charge < -0.3 is 15.1 Å². The lowest BCUT2D eigenvalue weighted by molar-refractivity contribution is 0.0951. The van der Waals surface area contributed by atoms with Crippen molar-refractivity contribution in [2.45, 2.75) is 38.8 Å². The number of aromatic nitrogens is 1. The monoisotopic (exact) mass is 421 g/mol. The van der Waals surface area contributed by atoms with Gasteiger partial charge in [0.1, 0.15) is 5.82 Å². The van der Waals surface area contributed by atoms with Gasteiger partial charge in [-0.05, 0) is 75.3 Å². The molecule has 0 spiro atoms.